The zero-order valence-corrected chi connectivity index (χ0v) is 18.2. The van der Waals surface area contributed by atoms with Crippen molar-refractivity contribution in [3.63, 3.8) is 0 Å². The minimum atomic E-state index is -0.493. The van der Waals surface area contributed by atoms with Crippen LogP contribution in [0.3, 0.4) is 0 Å². The number of nitrogens with zero attached hydrogens (tertiary/aromatic N) is 1. The van der Waals surface area contributed by atoms with E-state index < -0.39 is 17.5 Å². The Morgan fingerprint density at radius 1 is 1.13 bits per heavy atom. The Balaban J connectivity index is 1.93. The largest absolute Gasteiger partial charge is 0.859 e. The highest BCUT2D eigenvalue weighted by atomic mass is 32.1. The SMILES string of the molecule is COc1cccc(-n2c([O-])c(C3[NH2+]CCc4cc(OC)c(OC)cc43)c(=O)[nH]c2=S)c1. The maximum absolute atomic E-state index is 13.6. The highest BCUT2D eigenvalue weighted by molar-refractivity contribution is 7.71. The molecule has 162 valence electrons. The van der Waals surface area contributed by atoms with E-state index in [1.165, 1.54) is 4.57 Å². The monoisotopic (exact) mass is 441 g/mol. The van der Waals surface area contributed by atoms with E-state index in [1.54, 1.807) is 45.6 Å². The third kappa shape index (κ3) is 3.66. The van der Waals surface area contributed by atoms with Crippen LogP contribution < -0.4 is 30.2 Å². The number of nitrogens with one attached hydrogen (secondary N) is 1. The molecule has 0 spiro atoms. The number of aromatic amines is 1. The van der Waals surface area contributed by atoms with Gasteiger partial charge in [-0.1, -0.05) is 6.07 Å². The van der Waals surface area contributed by atoms with E-state index in [9.17, 15) is 9.90 Å². The molecule has 2 aromatic carbocycles. The summed E-state index contributed by atoms with van der Waals surface area (Å²) < 4.78 is 17.5. The molecule has 1 unspecified atom stereocenters. The number of nitrogens with two attached hydrogens (primary N) is 1. The Hall–Kier alpha value is -3.30. The second-order valence-electron chi connectivity index (χ2n) is 7.17. The summed E-state index contributed by atoms with van der Waals surface area (Å²) in [4.78, 5) is 15.6. The predicted octanol–water partition coefficient (Wildman–Crippen LogP) is 1.20. The molecule has 1 atom stereocenters. The van der Waals surface area contributed by atoms with Crippen LogP contribution in [0.25, 0.3) is 5.69 Å². The van der Waals surface area contributed by atoms with Crippen molar-refractivity contribution in [3.05, 3.63) is 68.2 Å². The molecule has 9 heteroatoms. The number of aromatic nitrogens is 2. The summed E-state index contributed by atoms with van der Waals surface area (Å²) in [5, 5.41) is 15.5. The fraction of sp³-hybridized carbons (Fsp3) is 0.273. The van der Waals surface area contributed by atoms with Crippen molar-refractivity contribution in [3.8, 4) is 28.8 Å². The molecule has 0 fully saturated rings. The van der Waals surface area contributed by atoms with Crippen LogP contribution in [0.1, 0.15) is 22.7 Å². The molecule has 0 bridgehead atoms. The molecule has 0 saturated heterocycles. The van der Waals surface area contributed by atoms with Gasteiger partial charge in [0, 0.05) is 18.1 Å². The van der Waals surface area contributed by atoms with E-state index in [0.29, 0.717) is 22.9 Å². The van der Waals surface area contributed by atoms with Gasteiger partial charge in [0.05, 0.1) is 39.1 Å². The summed E-state index contributed by atoms with van der Waals surface area (Å²) in [6, 6.07) is 10.2. The lowest BCUT2D eigenvalue weighted by atomic mass is 9.90. The lowest BCUT2D eigenvalue weighted by Gasteiger charge is -2.29. The first kappa shape index (κ1) is 21.0. The lowest BCUT2D eigenvalue weighted by molar-refractivity contribution is -0.690. The summed E-state index contributed by atoms with van der Waals surface area (Å²) in [7, 11) is 4.68. The third-order valence-electron chi connectivity index (χ3n) is 5.52. The Morgan fingerprint density at radius 2 is 1.87 bits per heavy atom. The van der Waals surface area contributed by atoms with Crippen LogP contribution in [0, 0.1) is 4.77 Å². The molecule has 3 aromatic rings. The molecule has 0 radical (unpaired) electrons. The number of rotatable bonds is 5. The minimum Gasteiger partial charge on any atom is -0.859 e. The van der Waals surface area contributed by atoms with Gasteiger partial charge in [-0.15, -0.1) is 0 Å². The smallest absolute Gasteiger partial charge is 0.260 e. The molecule has 8 nitrogen and oxygen atoms in total. The van der Waals surface area contributed by atoms with Crippen molar-refractivity contribution in [2.75, 3.05) is 27.9 Å². The second kappa shape index (κ2) is 8.44. The Labute approximate surface area is 184 Å². The van der Waals surface area contributed by atoms with E-state index >= 15 is 0 Å². The molecule has 1 aromatic heterocycles. The standard InChI is InChI=1S/C22H23N3O5S/c1-28-14-6-4-5-13(10-14)25-21(27)18(20(26)24-22(25)31)19-15-11-17(30-3)16(29-2)9-12(15)7-8-23-19/h4-6,9-11,19,23,27H,7-8H2,1-3H3,(H,24,26,31). The fourth-order valence-electron chi connectivity index (χ4n) is 4.04. The van der Waals surface area contributed by atoms with Gasteiger partial charge in [0.15, 0.2) is 16.3 Å². The molecule has 31 heavy (non-hydrogen) atoms. The summed E-state index contributed by atoms with van der Waals surface area (Å²) in [6.07, 6.45) is 0.785. The van der Waals surface area contributed by atoms with Crippen LogP contribution in [0.15, 0.2) is 41.2 Å². The minimum absolute atomic E-state index is 0.0374. The number of quaternary nitrogens is 1. The topological polar surface area (TPSA) is 105 Å². The van der Waals surface area contributed by atoms with Crippen molar-refractivity contribution in [1.82, 2.24) is 9.55 Å². The van der Waals surface area contributed by atoms with Crippen LogP contribution in [-0.4, -0.2) is 37.4 Å². The van der Waals surface area contributed by atoms with Gasteiger partial charge in [0.25, 0.3) is 5.56 Å². The van der Waals surface area contributed by atoms with Gasteiger partial charge in [0.1, 0.15) is 11.8 Å². The highest BCUT2D eigenvalue weighted by Crippen LogP contribution is 2.36. The number of methoxy groups -OCH3 is 3. The van der Waals surface area contributed by atoms with Crippen LogP contribution in [0.4, 0.5) is 0 Å². The molecular weight excluding hydrogens is 418 g/mol. The quantitative estimate of drug-likeness (QED) is 0.577. The van der Waals surface area contributed by atoms with Crippen molar-refractivity contribution >= 4 is 12.2 Å². The van der Waals surface area contributed by atoms with E-state index in [0.717, 1.165) is 24.1 Å². The highest BCUT2D eigenvalue weighted by Gasteiger charge is 2.30. The number of hydrogen-bond donors (Lipinski definition) is 2. The Kier molecular flexibility index (Phi) is 5.71. The van der Waals surface area contributed by atoms with Gasteiger partial charge in [-0.05, 0) is 47.9 Å². The zero-order chi connectivity index (χ0) is 22.1. The van der Waals surface area contributed by atoms with Crippen molar-refractivity contribution < 1.29 is 24.6 Å². The summed E-state index contributed by atoms with van der Waals surface area (Å²) in [5.74, 6) is 1.29. The van der Waals surface area contributed by atoms with Crippen molar-refractivity contribution in [2.24, 2.45) is 0 Å². The number of fused-ring (bicyclic) bond motifs is 1. The fourth-order valence-corrected chi connectivity index (χ4v) is 4.32. The Bertz CT molecular complexity index is 1250. The van der Waals surface area contributed by atoms with Crippen molar-refractivity contribution in [2.45, 2.75) is 12.5 Å². The lowest BCUT2D eigenvalue weighted by Crippen LogP contribution is -2.87. The first-order valence-corrected chi connectivity index (χ1v) is 10.2. The molecule has 1 aliphatic rings. The summed E-state index contributed by atoms with van der Waals surface area (Å²) >= 11 is 5.32. The Morgan fingerprint density at radius 3 is 2.58 bits per heavy atom. The first-order chi connectivity index (χ1) is 15.0. The average Bonchev–Trinajstić information content (AvgIpc) is 2.78. The number of hydrogen-bond acceptors (Lipinski definition) is 6. The van der Waals surface area contributed by atoms with Crippen LogP contribution in [-0.2, 0) is 6.42 Å². The second-order valence-corrected chi connectivity index (χ2v) is 7.56. The summed E-state index contributed by atoms with van der Waals surface area (Å²) in [6.45, 7) is 0.723. The van der Waals surface area contributed by atoms with Crippen LogP contribution >= 0.6 is 12.2 Å². The number of ether oxygens (including phenoxy) is 3. The van der Waals surface area contributed by atoms with Gasteiger partial charge in [0.2, 0.25) is 0 Å². The van der Waals surface area contributed by atoms with Gasteiger partial charge >= 0.3 is 0 Å². The van der Waals surface area contributed by atoms with Crippen LogP contribution in [0.5, 0.6) is 23.1 Å². The number of H-pyrrole nitrogens is 1. The molecule has 2 heterocycles. The van der Waals surface area contributed by atoms with Crippen molar-refractivity contribution in [1.29, 1.82) is 0 Å². The molecule has 0 aliphatic carbocycles. The van der Waals surface area contributed by atoms with Crippen LogP contribution in [0.2, 0.25) is 0 Å². The number of benzene rings is 2. The van der Waals surface area contributed by atoms with E-state index in [4.69, 9.17) is 26.4 Å². The summed E-state index contributed by atoms with van der Waals surface area (Å²) in [5.41, 5.74) is 2.01. The first-order valence-electron chi connectivity index (χ1n) is 9.77. The molecule has 4 rings (SSSR count). The van der Waals surface area contributed by atoms with E-state index in [1.807, 2.05) is 17.4 Å². The van der Waals surface area contributed by atoms with E-state index in [-0.39, 0.29) is 10.3 Å². The van der Waals surface area contributed by atoms with Gasteiger partial charge < -0.3 is 29.2 Å². The normalized spacial score (nSPS) is 15.3. The van der Waals surface area contributed by atoms with E-state index in [2.05, 4.69) is 4.98 Å². The van der Waals surface area contributed by atoms with Gasteiger partial charge in [-0.2, -0.15) is 0 Å². The molecular formula is C22H23N3O5S. The molecule has 0 saturated carbocycles. The molecule has 0 amide bonds. The zero-order valence-electron chi connectivity index (χ0n) is 17.4. The maximum Gasteiger partial charge on any atom is 0.260 e. The third-order valence-corrected chi connectivity index (χ3v) is 5.81. The molecule has 1 aliphatic heterocycles. The van der Waals surface area contributed by atoms with Gasteiger partial charge in [-0.25, -0.2) is 0 Å². The van der Waals surface area contributed by atoms with Gasteiger partial charge in [-0.3, -0.25) is 9.78 Å². The predicted molar refractivity (Wildman–Crippen MR) is 115 cm³/mol. The maximum atomic E-state index is 13.6. The average molecular weight is 442 g/mol. The molecule has 3 N–H and O–H groups in total.